The van der Waals surface area contributed by atoms with Crippen LogP contribution in [-0.2, 0) is 31.0 Å². The molecule has 8 nitrogen and oxygen atoms in total. The van der Waals surface area contributed by atoms with E-state index in [1.54, 1.807) is 40.6 Å². The predicted octanol–water partition coefficient (Wildman–Crippen LogP) is 3.54. The summed E-state index contributed by atoms with van der Waals surface area (Å²) in [6.07, 6.45) is 2.85. The minimum absolute atomic E-state index is 0. The Morgan fingerprint density at radius 1 is 1.07 bits per heavy atom. The molecule has 0 saturated carbocycles. The molecule has 156 valence electrons. The number of hydrogen-bond acceptors (Lipinski definition) is 7. The standard InChI is InChI=1S/C18H30NO7Si.Rf/c1-6-9-15-12-17(19(20)21)16(13-18(15)22-2)14-26-10-7-8-11-27(23-3,24-4)25-5;/h12-13H,1,6-11,14H2,2-5H3;/q-1;. The molecule has 0 bridgehead atoms. The minimum atomic E-state index is -2.56. The average molecular weight is 668 g/mol. The minimum Gasteiger partial charge on any atom is -0.496 e. The maximum absolute atomic E-state index is 11.4. The summed E-state index contributed by atoms with van der Waals surface area (Å²) in [5.41, 5.74) is 1.32. The Morgan fingerprint density at radius 3 is 2.21 bits per heavy atom. The van der Waals surface area contributed by atoms with E-state index in [1.165, 1.54) is 0 Å². The van der Waals surface area contributed by atoms with E-state index in [0.29, 0.717) is 36.8 Å². The topological polar surface area (TPSA) is 89.3 Å². The van der Waals surface area contributed by atoms with Gasteiger partial charge in [-0.25, -0.2) is 0 Å². The molecule has 1 rings (SSSR count). The van der Waals surface area contributed by atoms with Crippen LogP contribution in [0.2, 0.25) is 6.04 Å². The molecule has 0 fully saturated rings. The van der Waals surface area contributed by atoms with Crippen LogP contribution in [0.1, 0.15) is 30.4 Å². The van der Waals surface area contributed by atoms with Gasteiger partial charge in [0.15, 0.2) is 0 Å². The normalized spacial score (nSPS) is 11.2. The van der Waals surface area contributed by atoms with Gasteiger partial charge in [-0.2, -0.15) is 6.42 Å². The van der Waals surface area contributed by atoms with Crippen LogP contribution in [0.5, 0.6) is 5.75 Å². The van der Waals surface area contributed by atoms with Gasteiger partial charge >= 0.3 is 8.80 Å². The van der Waals surface area contributed by atoms with Crippen molar-refractivity contribution in [3.63, 3.8) is 0 Å². The third-order valence-electron chi connectivity index (χ3n) is 4.34. The van der Waals surface area contributed by atoms with Crippen molar-refractivity contribution >= 4 is 14.5 Å². The molecule has 10 heteroatoms. The van der Waals surface area contributed by atoms with Crippen LogP contribution in [0.4, 0.5) is 5.69 Å². The van der Waals surface area contributed by atoms with Crippen LogP contribution >= 0.6 is 0 Å². The summed E-state index contributed by atoms with van der Waals surface area (Å²) >= 11 is 0. The van der Waals surface area contributed by atoms with Crippen LogP contribution in [0.3, 0.4) is 0 Å². The van der Waals surface area contributed by atoms with Crippen molar-refractivity contribution in [3.05, 3.63) is 40.3 Å². The first-order chi connectivity index (χ1) is 13.0. The van der Waals surface area contributed by atoms with Crippen LogP contribution in [-0.4, -0.2) is 48.8 Å². The molecule has 0 saturated heterocycles. The summed E-state index contributed by atoms with van der Waals surface area (Å²) in [5.74, 6) is 0.624. The molecule has 0 aromatic heterocycles. The largest absolute Gasteiger partial charge is 0.500 e. The Morgan fingerprint density at radius 2 is 1.71 bits per heavy atom. The molecule has 0 amide bonds. The molecule has 0 aliphatic carbocycles. The van der Waals surface area contributed by atoms with Gasteiger partial charge in [0, 0.05) is 40.0 Å². The van der Waals surface area contributed by atoms with Gasteiger partial charge in [-0.15, -0.1) is 0 Å². The number of benzene rings is 1. The maximum Gasteiger partial charge on any atom is 0.500 e. The number of ether oxygens (including phenoxy) is 2. The maximum atomic E-state index is 11.4. The fourth-order valence-corrected chi connectivity index (χ4v) is 4.59. The second kappa shape index (κ2) is 12.8. The summed E-state index contributed by atoms with van der Waals surface area (Å²) in [5, 5.41) is 11.4. The van der Waals surface area contributed by atoms with Gasteiger partial charge < -0.3 is 29.7 Å². The van der Waals surface area contributed by atoms with Crippen LogP contribution in [0.25, 0.3) is 0 Å². The van der Waals surface area contributed by atoms with E-state index in [9.17, 15) is 10.1 Å². The van der Waals surface area contributed by atoms with Gasteiger partial charge in [-0.1, -0.05) is 6.42 Å². The second-order valence-electron chi connectivity index (χ2n) is 5.96. The molecule has 0 aliphatic rings. The molecule has 0 spiro atoms. The SMILES string of the molecule is [CH2-]CCc1cc([N+](=O)[O-])c(COCCCC[Si](OC)(OC)OC)cc1OC.[Rf]. The van der Waals surface area contributed by atoms with E-state index in [2.05, 4.69) is 6.92 Å². The smallest absolute Gasteiger partial charge is 0.496 e. The zero-order chi connectivity index (χ0) is 20.3. The fraction of sp³-hybridized carbons (Fsp3) is 0.611. The van der Waals surface area contributed by atoms with Gasteiger partial charge in [0.25, 0.3) is 5.69 Å². The summed E-state index contributed by atoms with van der Waals surface area (Å²) in [7, 11) is 3.74. The number of nitrogens with zero attached hydrogens (tertiary/aromatic N) is 1. The van der Waals surface area contributed by atoms with Gasteiger partial charge in [0.1, 0.15) is 5.75 Å². The molecule has 0 N–H and O–H groups in total. The molecule has 0 unspecified atom stereocenters. The Hall–Kier alpha value is -2.52. The third kappa shape index (κ3) is 6.89. The Kier molecular flexibility index (Phi) is 11.6. The zero-order valence-corrected chi connectivity index (χ0v) is 24.7. The van der Waals surface area contributed by atoms with Crippen molar-refractivity contribution in [3.8, 4) is 5.75 Å². The van der Waals surface area contributed by atoms with Crippen LogP contribution in [0.15, 0.2) is 12.1 Å². The van der Waals surface area contributed by atoms with Crippen molar-refractivity contribution in [2.45, 2.75) is 38.3 Å². The van der Waals surface area contributed by atoms with Crippen molar-refractivity contribution in [2.24, 2.45) is 0 Å². The summed E-state index contributed by atoms with van der Waals surface area (Å²) in [4.78, 5) is 11.0. The first-order valence-corrected chi connectivity index (χ1v) is 10.8. The third-order valence-corrected chi connectivity index (χ3v) is 7.17. The van der Waals surface area contributed by atoms with E-state index in [1.807, 2.05) is 0 Å². The van der Waals surface area contributed by atoms with E-state index in [4.69, 9.17) is 22.8 Å². The molecular weight excluding hydrogens is 637 g/mol. The Labute approximate surface area is 162 Å². The predicted molar refractivity (Wildman–Crippen MR) is 104 cm³/mol. The first-order valence-electron chi connectivity index (χ1n) is 8.83. The quantitative estimate of drug-likeness (QED) is 0.0987. The van der Waals surface area contributed by atoms with Crippen molar-refractivity contribution in [1.82, 2.24) is 0 Å². The summed E-state index contributed by atoms with van der Waals surface area (Å²) in [6, 6.07) is 3.92. The van der Waals surface area contributed by atoms with Crippen LogP contribution in [0, 0.1) is 17.0 Å². The monoisotopic (exact) mass is 667 g/mol. The molecule has 1 aromatic rings. The van der Waals surface area contributed by atoms with Gasteiger partial charge in [-0.05, 0) is 24.5 Å². The number of nitro groups is 1. The van der Waals surface area contributed by atoms with Crippen molar-refractivity contribution < 1.29 is 27.7 Å². The second-order valence-corrected chi connectivity index (χ2v) is 9.05. The number of methoxy groups -OCH3 is 1. The number of aryl methyl sites for hydroxylation is 1. The van der Waals surface area contributed by atoms with Gasteiger partial charge in [0.05, 0.1) is 24.2 Å². The molecule has 0 aliphatic heterocycles. The molecular formula is C18H30NO7RfSi-. The molecule has 0 radical (unpaired) electrons. The molecule has 0 heterocycles. The summed E-state index contributed by atoms with van der Waals surface area (Å²) < 4.78 is 27.1. The van der Waals surface area contributed by atoms with Crippen molar-refractivity contribution in [2.75, 3.05) is 35.0 Å². The zero-order valence-electron chi connectivity index (χ0n) is 17.3. The van der Waals surface area contributed by atoms with Gasteiger partial charge in [-0.3, -0.25) is 10.1 Å². The van der Waals surface area contributed by atoms with E-state index in [0.717, 1.165) is 18.4 Å². The molecule has 0 atom stereocenters. The average Bonchev–Trinajstić information content (AvgIpc) is 2.68. The number of nitro benzene ring substituents is 1. The molecule has 28 heavy (non-hydrogen) atoms. The fourth-order valence-electron chi connectivity index (χ4n) is 2.80. The van der Waals surface area contributed by atoms with Crippen molar-refractivity contribution in [1.29, 1.82) is 0 Å². The number of unbranched alkanes of at least 4 members (excludes halogenated alkanes) is 1. The molecule has 1 aromatic carbocycles. The van der Waals surface area contributed by atoms with Crippen LogP contribution < -0.4 is 4.74 Å². The summed E-state index contributed by atoms with van der Waals surface area (Å²) in [6.45, 7) is 4.42. The van der Waals surface area contributed by atoms with E-state index >= 15 is 0 Å². The van der Waals surface area contributed by atoms with Gasteiger partial charge in [0.2, 0.25) is 0 Å². The Bertz CT molecular complexity index is 591. The number of rotatable bonds is 14. The first kappa shape index (κ1) is 25.5. The Balaban J connectivity index is 0.00000729. The van der Waals surface area contributed by atoms with E-state index in [-0.39, 0.29) is 17.2 Å². The van der Waals surface area contributed by atoms with E-state index < -0.39 is 8.80 Å². The number of hydrogen-bond donors (Lipinski definition) is 0.